The Labute approximate surface area is 185 Å². The minimum absolute atomic E-state index is 0.0112. The van der Waals surface area contributed by atoms with Crippen molar-refractivity contribution in [3.05, 3.63) is 100 Å². The van der Waals surface area contributed by atoms with Gasteiger partial charge in [0, 0.05) is 6.07 Å². The van der Waals surface area contributed by atoms with Gasteiger partial charge < -0.3 is 15.4 Å². The monoisotopic (exact) mass is 433 g/mol. The molecule has 32 heavy (non-hydrogen) atoms. The van der Waals surface area contributed by atoms with Crippen molar-refractivity contribution >= 4 is 23.2 Å². The number of ether oxygens (including phenoxy) is 1. The van der Waals surface area contributed by atoms with Gasteiger partial charge in [-0.25, -0.2) is 0 Å². The van der Waals surface area contributed by atoms with Crippen molar-refractivity contribution in [2.24, 2.45) is 0 Å². The Hall–Kier alpha value is -4.20. The molecule has 0 aliphatic heterocycles. The SMILES string of the molecule is C[C@H](Oc1ccccc1[N+](=O)[O-])C(=O)Nc1ccccc1C(=O)N[C@@H](C)c1ccccc1. The molecule has 0 bridgehead atoms. The molecule has 0 aliphatic carbocycles. The Morgan fingerprint density at radius 2 is 1.53 bits per heavy atom. The van der Waals surface area contributed by atoms with E-state index in [9.17, 15) is 19.7 Å². The summed E-state index contributed by atoms with van der Waals surface area (Å²) in [7, 11) is 0. The first-order valence-electron chi connectivity index (χ1n) is 10.0. The number of carbonyl (C=O) groups is 2. The average molecular weight is 433 g/mol. The molecule has 0 heterocycles. The number of nitrogens with zero attached hydrogens (tertiary/aromatic N) is 1. The highest BCUT2D eigenvalue weighted by Gasteiger charge is 2.22. The number of hydrogen-bond acceptors (Lipinski definition) is 5. The lowest BCUT2D eigenvalue weighted by Gasteiger charge is -2.18. The molecule has 8 nitrogen and oxygen atoms in total. The number of para-hydroxylation sites is 3. The molecular weight excluding hydrogens is 410 g/mol. The second-order valence-electron chi connectivity index (χ2n) is 7.13. The molecule has 0 saturated carbocycles. The number of nitro benzene ring substituents is 1. The molecule has 2 atom stereocenters. The molecule has 3 aromatic rings. The Kier molecular flexibility index (Phi) is 7.17. The highest BCUT2D eigenvalue weighted by molar-refractivity contribution is 6.04. The number of rotatable bonds is 8. The van der Waals surface area contributed by atoms with Crippen molar-refractivity contribution in [2.75, 3.05) is 5.32 Å². The molecule has 0 unspecified atom stereocenters. The Morgan fingerprint density at radius 1 is 0.906 bits per heavy atom. The quantitative estimate of drug-likeness (QED) is 0.402. The number of amides is 2. The van der Waals surface area contributed by atoms with Gasteiger partial charge in [0.2, 0.25) is 0 Å². The lowest BCUT2D eigenvalue weighted by atomic mass is 10.1. The normalized spacial score (nSPS) is 12.3. The second kappa shape index (κ2) is 10.2. The van der Waals surface area contributed by atoms with Crippen LogP contribution < -0.4 is 15.4 Å². The lowest BCUT2D eigenvalue weighted by molar-refractivity contribution is -0.386. The van der Waals surface area contributed by atoms with Crippen LogP contribution >= 0.6 is 0 Å². The largest absolute Gasteiger partial charge is 0.474 e. The maximum absolute atomic E-state index is 12.8. The molecular formula is C24H23N3O5. The van der Waals surface area contributed by atoms with E-state index in [0.717, 1.165) is 5.56 Å². The first-order chi connectivity index (χ1) is 15.4. The molecule has 0 radical (unpaired) electrons. The van der Waals surface area contributed by atoms with E-state index in [1.54, 1.807) is 30.3 Å². The van der Waals surface area contributed by atoms with E-state index in [1.165, 1.54) is 25.1 Å². The van der Waals surface area contributed by atoms with Gasteiger partial charge in [-0.05, 0) is 37.6 Å². The first kappa shape index (κ1) is 22.5. The zero-order valence-electron chi connectivity index (χ0n) is 17.6. The zero-order valence-corrected chi connectivity index (χ0v) is 17.6. The summed E-state index contributed by atoms with van der Waals surface area (Å²) >= 11 is 0. The van der Waals surface area contributed by atoms with Crippen molar-refractivity contribution in [3.63, 3.8) is 0 Å². The van der Waals surface area contributed by atoms with Crippen LogP contribution in [0.3, 0.4) is 0 Å². The van der Waals surface area contributed by atoms with Crippen molar-refractivity contribution in [1.29, 1.82) is 0 Å². The summed E-state index contributed by atoms with van der Waals surface area (Å²) in [6.07, 6.45) is -1.03. The minimum Gasteiger partial charge on any atom is -0.474 e. The summed E-state index contributed by atoms with van der Waals surface area (Å²) in [5, 5.41) is 16.8. The number of nitro groups is 1. The van der Waals surface area contributed by atoms with Crippen LogP contribution in [0.15, 0.2) is 78.9 Å². The fourth-order valence-electron chi connectivity index (χ4n) is 3.08. The summed E-state index contributed by atoms with van der Waals surface area (Å²) in [5.74, 6) is -0.896. The highest BCUT2D eigenvalue weighted by Crippen LogP contribution is 2.27. The highest BCUT2D eigenvalue weighted by atomic mass is 16.6. The molecule has 0 aromatic heterocycles. The number of anilines is 1. The zero-order chi connectivity index (χ0) is 23.1. The minimum atomic E-state index is -1.03. The van der Waals surface area contributed by atoms with E-state index >= 15 is 0 Å². The fourth-order valence-corrected chi connectivity index (χ4v) is 3.08. The predicted molar refractivity (Wildman–Crippen MR) is 121 cm³/mol. The molecule has 0 aliphatic rings. The molecule has 8 heteroatoms. The number of hydrogen-bond donors (Lipinski definition) is 2. The Bertz CT molecular complexity index is 1120. The van der Waals surface area contributed by atoms with Gasteiger partial charge in [0.15, 0.2) is 11.9 Å². The van der Waals surface area contributed by atoms with Crippen LogP contribution in [0.5, 0.6) is 5.75 Å². The van der Waals surface area contributed by atoms with E-state index in [2.05, 4.69) is 10.6 Å². The maximum atomic E-state index is 12.8. The molecule has 2 amide bonds. The van der Waals surface area contributed by atoms with Crippen LogP contribution in [0, 0.1) is 10.1 Å². The maximum Gasteiger partial charge on any atom is 0.310 e. The van der Waals surface area contributed by atoms with Gasteiger partial charge in [-0.1, -0.05) is 54.6 Å². The van der Waals surface area contributed by atoms with Crippen LogP contribution in [0.2, 0.25) is 0 Å². The fraction of sp³-hybridized carbons (Fsp3) is 0.167. The van der Waals surface area contributed by atoms with Crippen molar-refractivity contribution < 1.29 is 19.2 Å². The van der Waals surface area contributed by atoms with Crippen molar-refractivity contribution in [3.8, 4) is 5.75 Å². The first-order valence-corrected chi connectivity index (χ1v) is 10.0. The van der Waals surface area contributed by atoms with Crippen molar-refractivity contribution in [2.45, 2.75) is 26.0 Å². The standard InChI is InChI=1S/C24H23N3O5/c1-16(18-10-4-3-5-11-18)25-24(29)19-12-6-7-13-20(19)26-23(28)17(2)32-22-15-9-8-14-21(22)27(30)31/h3-17H,1-2H3,(H,25,29)(H,26,28)/t16-,17-/m0/s1. The molecule has 0 fully saturated rings. The number of nitrogens with one attached hydrogen (secondary N) is 2. The van der Waals surface area contributed by atoms with E-state index in [1.807, 2.05) is 37.3 Å². The van der Waals surface area contributed by atoms with Gasteiger partial charge in [0.1, 0.15) is 0 Å². The Balaban J connectivity index is 1.71. The molecule has 2 N–H and O–H groups in total. The average Bonchev–Trinajstić information content (AvgIpc) is 2.80. The van der Waals surface area contributed by atoms with Crippen LogP contribution in [-0.2, 0) is 4.79 Å². The number of benzene rings is 3. The summed E-state index contributed by atoms with van der Waals surface area (Å²) in [6, 6.07) is 21.7. The summed E-state index contributed by atoms with van der Waals surface area (Å²) in [5.41, 5.74) is 1.32. The van der Waals surface area contributed by atoms with E-state index < -0.39 is 16.9 Å². The summed E-state index contributed by atoms with van der Waals surface area (Å²) in [6.45, 7) is 3.35. The summed E-state index contributed by atoms with van der Waals surface area (Å²) < 4.78 is 5.51. The Morgan fingerprint density at radius 3 is 2.25 bits per heavy atom. The second-order valence-corrected chi connectivity index (χ2v) is 7.13. The van der Waals surface area contributed by atoms with E-state index in [0.29, 0.717) is 11.3 Å². The van der Waals surface area contributed by atoms with Crippen LogP contribution in [0.4, 0.5) is 11.4 Å². The third kappa shape index (κ3) is 5.48. The summed E-state index contributed by atoms with van der Waals surface area (Å²) in [4.78, 5) is 36.1. The third-order valence-corrected chi connectivity index (χ3v) is 4.81. The van der Waals surface area contributed by atoms with Crippen LogP contribution in [-0.4, -0.2) is 22.8 Å². The van der Waals surface area contributed by atoms with Gasteiger partial charge >= 0.3 is 5.69 Å². The molecule has 0 spiro atoms. The van der Waals surface area contributed by atoms with Gasteiger partial charge in [-0.15, -0.1) is 0 Å². The molecule has 3 rings (SSSR count). The van der Waals surface area contributed by atoms with Gasteiger partial charge in [-0.3, -0.25) is 19.7 Å². The molecule has 3 aromatic carbocycles. The molecule has 0 saturated heterocycles. The molecule has 164 valence electrons. The predicted octanol–water partition coefficient (Wildman–Crippen LogP) is 4.49. The van der Waals surface area contributed by atoms with Crippen LogP contribution in [0.1, 0.15) is 35.8 Å². The topological polar surface area (TPSA) is 111 Å². The van der Waals surface area contributed by atoms with E-state index in [4.69, 9.17) is 4.74 Å². The van der Waals surface area contributed by atoms with Gasteiger partial charge in [0.25, 0.3) is 11.8 Å². The smallest absolute Gasteiger partial charge is 0.310 e. The van der Waals surface area contributed by atoms with Crippen molar-refractivity contribution in [1.82, 2.24) is 5.32 Å². The third-order valence-electron chi connectivity index (χ3n) is 4.81. The number of carbonyl (C=O) groups excluding carboxylic acids is 2. The van der Waals surface area contributed by atoms with Crippen LogP contribution in [0.25, 0.3) is 0 Å². The van der Waals surface area contributed by atoms with E-state index in [-0.39, 0.29) is 23.4 Å². The van der Waals surface area contributed by atoms with Gasteiger partial charge in [-0.2, -0.15) is 0 Å². The lowest BCUT2D eigenvalue weighted by Crippen LogP contribution is -2.32. The van der Waals surface area contributed by atoms with Gasteiger partial charge in [0.05, 0.1) is 22.2 Å².